The zero-order chi connectivity index (χ0) is 18.1. The molecule has 1 aromatic heterocycles. The van der Waals surface area contributed by atoms with E-state index in [9.17, 15) is 0 Å². The minimum absolute atomic E-state index is 0.479. The van der Waals surface area contributed by atoms with Crippen molar-refractivity contribution in [2.75, 3.05) is 31.4 Å². The van der Waals surface area contributed by atoms with Crippen LogP contribution in [0.25, 0.3) is 0 Å². The number of ether oxygens (including phenoxy) is 2. The van der Waals surface area contributed by atoms with Gasteiger partial charge in [-0.2, -0.15) is 15.0 Å². The van der Waals surface area contributed by atoms with Crippen LogP contribution in [0.1, 0.15) is 38.4 Å². The summed E-state index contributed by atoms with van der Waals surface area (Å²) in [7, 11) is 3.23. The third-order valence-electron chi connectivity index (χ3n) is 3.72. The molecule has 7 heteroatoms. The Balaban J connectivity index is 2.07. The van der Waals surface area contributed by atoms with E-state index in [1.807, 2.05) is 25.1 Å². The Labute approximate surface area is 149 Å². The first-order valence-corrected chi connectivity index (χ1v) is 8.62. The minimum Gasteiger partial charge on any atom is -0.497 e. The van der Waals surface area contributed by atoms with E-state index < -0.39 is 0 Å². The third-order valence-corrected chi connectivity index (χ3v) is 3.72. The fourth-order valence-electron chi connectivity index (χ4n) is 2.39. The highest BCUT2D eigenvalue weighted by atomic mass is 16.5. The molecule has 2 N–H and O–H groups in total. The van der Waals surface area contributed by atoms with Gasteiger partial charge in [0.1, 0.15) is 17.3 Å². The molecule has 2 aromatic rings. The van der Waals surface area contributed by atoms with Gasteiger partial charge in [0.05, 0.1) is 19.9 Å². The molecule has 0 saturated carbocycles. The van der Waals surface area contributed by atoms with E-state index >= 15 is 0 Å². The van der Waals surface area contributed by atoms with Crippen LogP contribution in [0.15, 0.2) is 18.2 Å². The molecular weight excluding hydrogens is 318 g/mol. The highest BCUT2D eigenvalue weighted by Crippen LogP contribution is 2.30. The van der Waals surface area contributed by atoms with Crippen LogP contribution in [0.5, 0.6) is 11.5 Å². The normalized spacial score (nSPS) is 10.4. The van der Waals surface area contributed by atoms with Crippen molar-refractivity contribution >= 4 is 17.6 Å². The van der Waals surface area contributed by atoms with Crippen molar-refractivity contribution in [1.29, 1.82) is 0 Å². The average Bonchev–Trinajstić information content (AvgIpc) is 2.61. The second-order valence-corrected chi connectivity index (χ2v) is 5.71. The fraction of sp³-hybridized carbons (Fsp3) is 0.500. The minimum atomic E-state index is 0.479. The number of nitrogens with zero attached hydrogens (tertiary/aromatic N) is 3. The monoisotopic (exact) mass is 345 g/mol. The SMILES string of the molecule is CCCCCCNc1nc(C)nc(Nc2ccc(OC)cc2OC)n1. The Hall–Kier alpha value is -2.57. The molecule has 0 saturated heterocycles. The number of nitrogens with one attached hydrogen (secondary N) is 2. The summed E-state index contributed by atoms with van der Waals surface area (Å²) in [6.45, 7) is 4.91. The number of anilines is 3. The topological polar surface area (TPSA) is 81.2 Å². The zero-order valence-electron chi connectivity index (χ0n) is 15.4. The van der Waals surface area contributed by atoms with Crippen LogP contribution in [0.4, 0.5) is 17.6 Å². The van der Waals surface area contributed by atoms with Gasteiger partial charge in [0.25, 0.3) is 0 Å². The number of hydrogen-bond acceptors (Lipinski definition) is 7. The van der Waals surface area contributed by atoms with Gasteiger partial charge in [-0.25, -0.2) is 0 Å². The van der Waals surface area contributed by atoms with Crippen LogP contribution >= 0.6 is 0 Å². The molecule has 0 atom stereocenters. The molecule has 0 amide bonds. The lowest BCUT2D eigenvalue weighted by Crippen LogP contribution is -2.09. The standard InChI is InChI=1S/C18H27N5O2/c1-5-6-7-8-11-19-17-20-13(2)21-18(23-17)22-15-10-9-14(24-3)12-16(15)25-4/h9-10,12H,5-8,11H2,1-4H3,(H2,19,20,21,22,23). The summed E-state index contributed by atoms with van der Waals surface area (Å²) in [5, 5.41) is 6.45. The molecule has 1 heterocycles. The van der Waals surface area contributed by atoms with Crippen molar-refractivity contribution in [1.82, 2.24) is 15.0 Å². The van der Waals surface area contributed by atoms with E-state index in [0.29, 0.717) is 23.5 Å². The molecule has 0 unspecified atom stereocenters. The largest absolute Gasteiger partial charge is 0.497 e. The summed E-state index contributed by atoms with van der Waals surface area (Å²) in [6, 6.07) is 5.53. The highest BCUT2D eigenvalue weighted by molar-refractivity contribution is 5.64. The first kappa shape index (κ1) is 18.8. The lowest BCUT2D eigenvalue weighted by atomic mass is 10.2. The van der Waals surface area contributed by atoms with Gasteiger partial charge in [0, 0.05) is 12.6 Å². The molecule has 0 radical (unpaired) electrons. The van der Waals surface area contributed by atoms with Crippen LogP contribution in [0.3, 0.4) is 0 Å². The lowest BCUT2D eigenvalue weighted by Gasteiger charge is -2.12. The fourth-order valence-corrected chi connectivity index (χ4v) is 2.39. The maximum atomic E-state index is 5.39. The van der Waals surface area contributed by atoms with Gasteiger partial charge >= 0.3 is 0 Å². The van der Waals surface area contributed by atoms with E-state index in [1.165, 1.54) is 19.3 Å². The second-order valence-electron chi connectivity index (χ2n) is 5.71. The Morgan fingerprint density at radius 3 is 2.48 bits per heavy atom. The highest BCUT2D eigenvalue weighted by Gasteiger charge is 2.09. The smallest absolute Gasteiger partial charge is 0.232 e. The van der Waals surface area contributed by atoms with Gasteiger partial charge in [0.2, 0.25) is 11.9 Å². The summed E-state index contributed by atoms with van der Waals surface area (Å²) in [5.74, 6) is 3.10. The van der Waals surface area contributed by atoms with Gasteiger partial charge in [-0.1, -0.05) is 26.2 Å². The molecule has 0 aliphatic rings. The third kappa shape index (κ3) is 5.77. The predicted molar refractivity (Wildman–Crippen MR) is 100 cm³/mol. The average molecular weight is 345 g/mol. The van der Waals surface area contributed by atoms with Crippen LogP contribution in [-0.2, 0) is 0 Å². The van der Waals surface area contributed by atoms with Crippen molar-refractivity contribution in [2.24, 2.45) is 0 Å². The summed E-state index contributed by atoms with van der Waals surface area (Å²) in [6.07, 6.45) is 4.79. The first-order chi connectivity index (χ1) is 12.2. The van der Waals surface area contributed by atoms with E-state index in [0.717, 1.165) is 24.4 Å². The number of rotatable bonds is 10. The number of aromatic nitrogens is 3. The van der Waals surface area contributed by atoms with Crippen molar-refractivity contribution in [3.8, 4) is 11.5 Å². The molecule has 0 spiro atoms. The second kappa shape index (κ2) is 9.66. The zero-order valence-corrected chi connectivity index (χ0v) is 15.4. The molecule has 0 bridgehead atoms. The van der Waals surface area contributed by atoms with Gasteiger partial charge in [-0.15, -0.1) is 0 Å². The van der Waals surface area contributed by atoms with Gasteiger partial charge < -0.3 is 20.1 Å². The van der Waals surface area contributed by atoms with Crippen LogP contribution in [0, 0.1) is 6.92 Å². The van der Waals surface area contributed by atoms with Gasteiger partial charge in [-0.05, 0) is 25.5 Å². The molecule has 0 fully saturated rings. The van der Waals surface area contributed by atoms with Crippen molar-refractivity contribution in [3.63, 3.8) is 0 Å². The number of aryl methyl sites for hydroxylation is 1. The summed E-state index contributed by atoms with van der Waals surface area (Å²) in [4.78, 5) is 13.1. The molecule has 1 aromatic carbocycles. The molecule has 25 heavy (non-hydrogen) atoms. The Morgan fingerprint density at radius 1 is 0.960 bits per heavy atom. The van der Waals surface area contributed by atoms with E-state index in [1.54, 1.807) is 14.2 Å². The van der Waals surface area contributed by atoms with Crippen molar-refractivity contribution in [2.45, 2.75) is 39.5 Å². The maximum absolute atomic E-state index is 5.39. The summed E-state index contributed by atoms with van der Waals surface area (Å²) in [5.41, 5.74) is 0.766. The number of unbranched alkanes of at least 4 members (excludes halogenated alkanes) is 3. The Bertz CT molecular complexity index is 679. The first-order valence-electron chi connectivity index (χ1n) is 8.62. The molecule has 136 valence electrons. The van der Waals surface area contributed by atoms with Gasteiger partial charge in [0.15, 0.2) is 0 Å². The molecule has 2 rings (SSSR count). The predicted octanol–water partition coefficient (Wildman–Crippen LogP) is 3.93. The quantitative estimate of drug-likeness (QED) is 0.631. The Kier molecular flexibility index (Phi) is 7.25. The maximum Gasteiger partial charge on any atom is 0.232 e. The molecular formula is C18H27N5O2. The number of hydrogen-bond donors (Lipinski definition) is 2. The molecule has 0 aliphatic heterocycles. The summed E-state index contributed by atoms with van der Waals surface area (Å²) < 4.78 is 10.6. The van der Waals surface area contributed by atoms with Crippen LogP contribution in [0.2, 0.25) is 0 Å². The van der Waals surface area contributed by atoms with Crippen LogP contribution in [-0.4, -0.2) is 35.7 Å². The van der Waals surface area contributed by atoms with E-state index in [-0.39, 0.29) is 0 Å². The van der Waals surface area contributed by atoms with Crippen molar-refractivity contribution < 1.29 is 9.47 Å². The molecule has 7 nitrogen and oxygen atoms in total. The van der Waals surface area contributed by atoms with Crippen LogP contribution < -0.4 is 20.1 Å². The van der Waals surface area contributed by atoms with E-state index in [2.05, 4.69) is 32.5 Å². The number of methoxy groups -OCH3 is 2. The summed E-state index contributed by atoms with van der Waals surface area (Å²) >= 11 is 0. The Morgan fingerprint density at radius 2 is 1.76 bits per heavy atom. The van der Waals surface area contributed by atoms with E-state index in [4.69, 9.17) is 9.47 Å². The molecule has 0 aliphatic carbocycles. The van der Waals surface area contributed by atoms with Gasteiger partial charge in [-0.3, -0.25) is 0 Å². The van der Waals surface area contributed by atoms with Crippen molar-refractivity contribution in [3.05, 3.63) is 24.0 Å². The number of benzene rings is 1. The lowest BCUT2D eigenvalue weighted by molar-refractivity contribution is 0.395.